The van der Waals surface area contributed by atoms with Crippen molar-refractivity contribution in [3.8, 4) is 11.5 Å². The molecule has 4 rings (SSSR count). The molecule has 0 radical (unpaired) electrons. The third-order valence-corrected chi connectivity index (χ3v) is 5.35. The number of ether oxygens (including phenoxy) is 2. The second-order valence-electron chi connectivity index (χ2n) is 7.11. The highest BCUT2D eigenvalue weighted by Gasteiger charge is 2.25. The Hall–Kier alpha value is -2.24. The Morgan fingerprint density at radius 2 is 1.89 bits per heavy atom. The number of carbonyl (C=O) groups is 1. The van der Waals surface area contributed by atoms with E-state index in [1.54, 1.807) is 0 Å². The second kappa shape index (κ2) is 8.19. The van der Waals surface area contributed by atoms with Crippen molar-refractivity contribution in [1.82, 2.24) is 10.2 Å². The number of rotatable bonds is 5. The van der Waals surface area contributed by atoms with Gasteiger partial charge in [0, 0.05) is 24.7 Å². The van der Waals surface area contributed by atoms with Crippen molar-refractivity contribution in [1.29, 1.82) is 0 Å². The number of piperidine rings is 1. The Labute approximate surface area is 164 Å². The molecular weight excluding hydrogens is 364 g/mol. The number of hydrogen-bond donors (Lipinski definition) is 1. The van der Waals surface area contributed by atoms with Crippen LogP contribution in [0.1, 0.15) is 24.0 Å². The van der Waals surface area contributed by atoms with Crippen LogP contribution in [0.5, 0.6) is 11.5 Å². The standard InChI is InChI=1S/C21H23ClN2O3/c22-18-6-3-15(4-7-18)12-24-9-1-2-17(13-24)21(25)23-11-16-5-8-19-20(10-16)27-14-26-19/h3-8,10,17H,1-2,9,11-14H2,(H,23,25). The monoisotopic (exact) mass is 386 g/mol. The molecule has 2 aliphatic rings. The molecule has 2 aromatic rings. The summed E-state index contributed by atoms with van der Waals surface area (Å²) >= 11 is 5.95. The first kappa shape index (κ1) is 18.1. The molecule has 1 N–H and O–H groups in total. The molecule has 1 fully saturated rings. The number of likely N-dealkylation sites (tertiary alicyclic amines) is 1. The van der Waals surface area contributed by atoms with E-state index in [2.05, 4.69) is 10.2 Å². The molecule has 5 nitrogen and oxygen atoms in total. The van der Waals surface area contributed by atoms with Gasteiger partial charge in [-0.3, -0.25) is 9.69 Å². The van der Waals surface area contributed by atoms with E-state index < -0.39 is 0 Å². The minimum atomic E-state index is 0.0278. The molecule has 2 aromatic carbocycles. The molecule has 1 atom stereocenters. The van der Waals surface area contributed by atoms with Crippen molar-refractivity contribution >= 4 is 17.5 Å². The van der Waals surface area contributed by atoms with Gasteiger partial charge in [0.25, 0.3) is 0 Å². The molecule has 6 heteroatoms. The predicted octanol–water partition coefficient (Wildman–Crippen LogP) is 3.60. The van der Waals surface area contributed by atoms with Crippen molar-refractivity contribution in [3.63, 3.8) is 0 Å². The largest absolute Gasteiger partial charge is 0.454 e. The summed E-state index contributed by atoms with van der Waals surface area (Å²) in [5.74, 6) is 1.65. The molecule has 0 saturated carbocycles. The predicted molar refractivity (Wildman–Crippen MR) is 104 cm³/mol. The number of nitrogens with one attached hydrogen (secondary N) is 1. The lowest BCUT2D eigenvalue weighted by atomic mass is 9.96. The quantitative estimate of drug-likeness (QED) is 0.853. The maximum Gasteiger partial charge on any atom is 0.231 e. The smallest absolute Gasteiger partial charge is 0.231 e. The van der Waals surface area contributed by atoms with E-state index in [1.807, 2.05) is 42.5 Å². The van der Waals surface area contributed by atoms with Gasteiger partial charge in [-0.1, -0.05) is 29.8 Å². The third-order valence-electron chi connectivity index (χ3n) is 5.10. The van der Waals surface area contributed by atoms with Crippen LogP contribution in [0.3, 0.4) is 0 Å². The van der Waals surface area contributed by atoms with Crippen LogP contribution in [0.2, 0.25) is 5.02 Å². The molecule has 0 bridgehead atoms. The molecule has 2 heterocycles. The molecular formula is C21H23ClN2O3. The molecule has 2 aliphatic heterocycles. The first-order valence-electron chi connectivity index (χ1n) is 9.30. The maximum absolute atomic E-state index is 12.6. The Morgan fingerprint density at radius 3 is 2.74 bits per heavy atom. The van der Waals surface area contributed by atoms with E-state index in [4.69, 9.17) is 21.1 Å². The van der Waals surface area contributed by atoms with E-state index in [0.717, 1.165) is 54.6 Å². The van der Waals surface area contributed by atoms with Gasteiger partial charge >= 0.3 is 0 Å². The maximum atomic E-state index is 12.6. The van der Waals surface area contributed by atoms with Crippen LogP contribution in [0.4, 0.5) is 0 Å². The molecule has 142 valence electrons. The average molecular weight is 387 g/mol. The zero-order chi connectivity index (χ0) is 18.6. The van der Waals surface area contributed by atoms with Gasteiger partial charge < -0.3 is 14.8 Å². The lowest BCUT2D eigenvalue weighted by Crippen LogP contribution is -2.42. The van der Waals surface area contributed by atoms with Gasteiger partial charge in [-0.2, -0.15) is 0 Å². The number of nitrogens with zero attached hydrogens (tertiary/aromatic N) is 1. The Bertz CT molecular complexity index is 810. The molecule has 0 spiro atoms. The van der Waals surface area contributed by atoms with Crippen LogP contribution in [0, 0.1) is 5.92 Å². The molecule has 1 saturated heterocycles. The average Bonchev–Trinajstić information content (AvgIpc) is 3.16. The Morgan fingerprint density at radius 1 is 1.11 bits per heavy atom. The first-order valence-corrected chi connectivity index (χ1v) is 9.68. The van der Waals surface area contributed by atoms with E-state index >= 15 is 0 Å². The van der Waals surface area contributed by atoms with Crippen molar-refractivity contribution in [2.45, 2.75) is 25.9 Å². The van der Waals surface area contributed by atoms with E-state index in [9.17, 15) is 4.79 Å². The molecule has 0 aliphatic carbocycles. The number of amides is 1. The SMILES string of the molecule is O=C(NCc1ccc2c(c1)OCO2)C1CCCN(Cc2ccc(Cl)cc2)C1. The zero-order valence-electron chi connectivity index (χ0n) is 15.1. The van der Waals surface area contributed by atoms with Crippen LogP contribution in [-0.2, 0) is 17.9 Å². The minimum Gasteiger partial charge on any atom is -0.454 e. The van der Waals surface area contributed by atoms with Gasteiger partial charge in [-0.15, -0.1) is 0 Å². The third kappa shape index (κ3) is 4.54. The minimum absolute atomic E-state index is 0.0278. The second-order valence-corrected chi connectivity index (χ2v) is 7.54. The van der Waals surface area contributed by atoms with Crippen LogP contribution >= 0.6 is 11.6 Å². The summed E-state index contributed by atoms with van der Waals surface area (Å²) in [6, 6.07) is 13.7. The highest BCUT2D eigenvalue weighted by molar-refractivity contribution is 6.30. The fraction of sp³-hybridized carbons (Fsp3) is 0.381. The van der Waals surface area contributed by atoms with Crippen LogP contribution in [-0.4, -0.2) is 30.7 Å². The molecule has 1 amide bonds. The first-order chi connectivity index (χ1) is 13.2. The van der Waals surface area contributed by atoms with Gasteiger partial charge in [0.15, 0.2) is 11.5 Å². The van der Waals surface area contributed by atoms with Crippen molar-refractivity contribution < 1.29 is 14.3 Å². The van der Waals surface area contributed by atoms with Crippen molar-refractivity contribution in [2.75, 3.05) is 19.9 Å². The zero-order valence-corrected chi connectivity index (χ0v) is 15.9. The fourth-order valence-electron chi connectivity index (χ4n) is 3.65. The van der Waals surface area contributed by atoms with Gasteiger partial charge in [-0.05, 0) is 54.8 Å². The van der Waals surface area contributed by atoms with Gasteiger partial charge in [0.05, 0.1) is 5.92 Å². The number of hydrogen-bond acceptors (Lipinski definition) is 4. The van der Waals surface area contributed by atoms with Crippen molar-refractivity contribution in [3.05, 3.63) is 58.6 Å². The number of fused-ring (bicyclic) bond motifs is 1. The Balaban J connectivity index is 1.29. The summed E-state index contributed by atoms with van der Waals surface area (Å²) in [5, 5.41) is 3.82. The van der Waals surface area contributed by atoms with E-state index in [-0.39, 0.29) is 18.6 Å². The highest BCUT2D eigenvalue weighted by Crippen LogP contribution is 2.32. The molecule has 27 heavy (non-hydrogen) atoms. The van der Waals surface area contributed by atoms with Crippen LogP contribution < -0.4 is 14.8 Å². The lowest BCUT2D eigenvalue weighted by Gasteiger charge is -2.32. The number of benzene rings is 2. The summed E-state index contributed by atoms with van der Waals surface area (Å²) in [6.07, 6.45) is 1.97. The van der Waals surface area contributed by atoms with Crippen molar-refractivity contribution in [2.24, 2.45) is 5.92 Å². The summed E-state index contributed by atoms with van der Waals surface area (Å²) in [7, 11) is 0. The normalized spacial score (nSPS) is 19.1. The van der Waals surface area contributed by atoms with Crippen LogP contribution in [0.25, 0.3) is 0 Å². The summed E-state index contributed by atoms with van der Waals surface area (Å²) < 4.78 is 10.7. The summed E-state index contributed by atoms with van der Waals surface area (Å²) in [5.41, 5.74) is 2.24. The van der Waals surface area contributed by atoms with Gasteiger partial charge in [-0.25, -0.2) is 0 Å². The Kier molecular flexibility index (Phi) is 5.50. The van der Waals surface area contributed by atoms with Gasteiger partial charge in [0.1, 0.15) is 0 Å². The van der Waals surface area contributed by atoms with E-state index in [0.29, 0.717) is 6.54 Å². The summed E-state index contributed by atoms with van der Waals surface area (Å²) in [4.78, 5) is 15.0. The number of carbonyl (C=O) groups excluding carboxylic acids is 1. The topological polar surface area (TPSA) is 50.8 Å². The number of halogens is 1. The fourth-order valence-corrected chi connectivity index (χ4v) is 3.77. The van der Waals surface area contributed by atoms with Crippen LogP contribution in [0.15, 0.2) is 42.5 Å². The summed E-state index contributed by atoms with van der Waals surface area (Å²) in [6.45, 7) is 3.42. The lowest BCUT2D eigenvalue weighted by molar-refractivity contribution is -0.126. The van der Waals surface area contributed by atoms with Gasteiger partial charge in [0.2, 0.25) is 12.7 Å². The molecule has 1 unspecified atom stereocenters. The molecule has 0 aromatic heterocycles. The highest BCUT2D eigenvalue weighted by atomic mass is 35.5. The van der Waals surface area contributed by atoms with E-state index in [1.165, 1.54) is 5.56 Å².